The van der Waals surface area contributed by atoms with Crippen molar-refractivity contribution in [2.75, 3.05) is 5.32 Å². The molecule has 0 unspecified atom stereocenters. The molecule has 1 saturated carbocycles. The van der Waals surface area contributed by atoms with Crippen molar-refractivity contribution in [2.24, 2.45) is 5.92 Å². The number of benzene rings is 1. The monoisotopic (exact) mass is 305 g/mol. The third-order valence-electron chi connectivity index (χ3n) is 4.56. The number of nitrogens with one attached hydrogen (secondary N) is 1. The summed E-state index contributed by atoms with van der Waals surface area (Å²) >= 11 is 6.27. The number of amides is 1. The first kappa shape index (κ1) is 14.6. The van der Waals surface area contributed by atoms with Crippen LogP contribution in [0, 0.1) is 5.92 Å². The molecular weight excluding hydrogens is 286 g/mol. The molecule has 1 amide bonds. The van der Waals surface area contributed by atoms with Crippen LogP contribution in [-0.2, 0) is 11.2 Å². The highest BCUT2D eigenvalue weighted by Gasteiger charge is 2.26. The standard InChI is InChI=1S/C17H20ClNO2/c18-14-10-15-12(9-16(20)19-15)8-13(14)17(21)11-6-4-2-1-3-5-7-11/h8,10-11H,1-7,9H2,(H,19,20). The summed E-state index contributed by atoms with van der Waals surface area (Å²) in [5, 5.41) is 3.23. The predicted molar refractivity (Wildman–Crippen MR) is 83.9 cm³/mol. The molecule has 3 nitrogen and oxygen atoms in total. The van der Waals surface area contributed by atoms with Crippen molar-refractivity contribution in [1.29, 1.82) is 0 Å². The zero-order valence-corrected chi connectivity index (χ0v) is 12.8. The van der Waals surface area contributed by atoms with E-state index in [-0.39, 0.29) is 17.6 Å². The number of hydrogen-bond acceptors (Lipinski definition) is 2. The summed E-state index contributed by atoms with van der Waals surface area (Å²) in [6, 6.07) is 3.54. The second-order valence-electron chi connectivity index (χ2n) is 6.12. The van der Waals surface area contributed by atoms with Crippen molar-refractivity contribution in [1.82, 2.24) is 0 Å². The number of carbonyl (C=O) groups is 2. The second kappa shape index (κ2) is 6.18. The summed E-state index contributed by atoms with van der Waals surface area (Å²) in [4.78, 5) is 24.2. The Morgan fingerprint density at radius 2 is 1.76 bits per heavy atom. The molecular formula is C17H20ClNO2. The average molecular weight is 306 g/mol. The van der Waals surface area contributed by atoms with E-state index >= 15 is 0 Å². The smallest absolute Gasteiger partial charge is 0.228 e. The Labute approximate surface area is 130 Å². The van der Waals surface area contributed by atoms with Gasteiger partial charge in [-0.05, 0) is 30.5 Å². The number of hydrogen-bond donors (Lipinski definition) is 1. The number of fused-ring (bicyclic) bond motifs is 1. The molecule has 0 saturated heterocycles. The maximum Gasteiger partial charge on any atom is 0.228 e. The van der Waals surface area contributed by atoms with E-state index in [1.54, 1.807) is 6.07 Å². The molecule has 0 spiro atoms. The number of carbonyl (C=O) groups excluding carboxylic acids is 2. The predicted octanol–water partition coefficient (Wildman–Crippen LogP) is 4.38. The largest absolute Gasteiger partial charge is 0.325 e. The summed E-state index contributed by atoms with van der Waals surface area (Å²) < 4.78 is 0. The van der Waals surface area contributed by atoms with Gasteiger partial charge < -0.3 is 5.32 Å². The normalized spacial score (nSPS) is 19.6. The van der Waals surface area contributed by atoms with Crippen LogP contribution in [-0.4, -0.2) is 11.7 Å². The summed E-state index contributed by atoms with van der Waals surface area (Å²) in [6.45, 7) is 0. The Hall–Kier alpha value is -1.35. The first-order valence-corrected chi connectivity index (χ1v) is 8.19. The molecule has 112 valence electrons. The van der Waals surface area contributed by atoms with Gasteiger partial charge in [0.1, 0.15) is 0 Å². The number of anilines is 1. The van der Waals surface area contributed by atoms with Crippen LogP contribution in [0.3, 0.4) is 0 Å². The van der Waals surface area contributed by atoms with Gasteiger partial charge in [0.2, 0.25) is 5.91 Å². The van der Waals surface area contributed by atoms with Gasteiger partial charge >= 0.3 is 0 Å². The molecule has 0 bridgehead atoms. The highest BCUT2D eigenvalue weighted by Crippen LogP contribution is 2.33. The van der Waals surface area contributed by atoms with E-state index in [1.807, 2.05) is 6.07 Å². The van der Waals surface area contributed by atoms with E-state index in [2.05, 4.69) is 5.32 Å². The second-order valence-corrected chi connectivity index (χ2v) is 6.53. The van der Waals surface area contributed by atoms with Crippen molar-refractivity contribution in [3.8, 4) is 0 Å². The Balaban J connectivity index is 1.84. The third kappa shape index (κ3) is 3.13. The molecule has 1 heterocycles. The third-order valence-corrected chi connectivity index (χ3v) is 4.87. The van der Waals surface area contributed by atoms with Crippen LogP contribution >= 0.6 is 11.6 Å². The van der Waals surface area contributed by atoms with Gasteiger partial charge in [-0.2, -0.15) is 0 Å². The van der Waals surface area contributed by atoms with Crippen molar-refractivity contribution >= 4 is 29.0 Å². The molecule has 4 heteroatoms. The Kier molecular flexibility index (Phi) is 4.29. The SMILES string of the molecule is O=C1Cc2cc(C(=O)C3CCCCCCC3)c(Cl)cc2N1. The molecule has 0 atom stereocenters. The van der Waals surface area contributed by atoms with E-state index in [1.165, 1.54) is 19.3 Å². The van der Waals surface area contributed by atoms with Crippen molar-refractivity contribution in [2.45, 2.75) is 51.4 Å². The minimum Gasteiger partial charge on any atom is -0.325 e. The van der Waals surface area contributed by atoms with Gasteiger partial charge in [0.15, 0.2) is 5.78 Å². The molecule has 1 aromatic rings. The lowest BCUT2D eigenvalue weighted by Crippen LogP contribution is -2.17. The first-order valence-electron chi connectivity index (χ1n) is 7.81. The molecule has 1 N–H and O–H groups in total. The Morgan fingerprint density at radius 1 is 1.10 bits per heavy atom. The van der Waals surface area contributed by atoms with Gasteiger partial charge in [-0.1, -0.05) is 43.7 Å². The van der Waals surface area contributed by atoms with Crippen LogP contribution < -0.4 is 5.32 Å². The van der Waals surface area contributed by atoms with Crippen molar-refractivity contribution < 1.29 is 9.59 Å². The number of ketones is 1. The lowest BCUT2D eigenvalue weighted by molar-refractivity contribution is -0.115. The molecule has 21 heavy (non-hydrogen) atoms. The summed E-state index contributed by atoms with van der Waals surface area (Å²) in [7, 11) is 0. The van der Waals surface area contributed by atoms with E-state index in [9.17, 15) is 9.59 Å². The van der Waals surface area contributed by atoms with Crippen LogP contribution in [0.1, 0.15) is 60.9 Å². The van der Waals surface area contributed by atoms with Crippen LogP contribution in [0.2, 0.25) is 5.02 Å². The topological polar surface area (TPSA) is 46.2 Å². The number of halogens is 1. The van der Waals surface area contributed by atoms with Crippen LogP contribution in [0.25, 0.3) is 0 Å². The van der Waals surface area contributed by atoms with E-state index < -0.39 is 0 Å². The fraction of sp³-hybridized carbons (Fsp3) is 0.529. The highest BCUT2D eigenvalue weighted by atomic mass is 35.5. The highest BCUT2D eigenvalue weighted by molar-refractivity contribution is 6.34. The number of Topliss-reactive ketones (excluding diaryl/α,β-unsaturated/α-hetero) is 1. The zero-order chi connectivity index (χ0) is 14.8. The minimum atomic E-state index is -0.0309. The Morgan fingerprint density at radius 3 is 2.48 bits per heavy atom. The lowest BCUT2D eigenvalue weighted by Gasteiger charge is -2.19. The molecule has 1 aliphatic heterocycles. The summed E-state index contributed by atoms with van der Waals surface area (Å²) in [5.41, 5.74) is 2.23. The van der Waals surface area contributed by atoms with E-state index in [0.29, 0.717) is 17.0 Å². The maximum atomic E-state index is 12.8. The Bertz CT molecular complexity index is 574. The molecule has 1 aromatic carbocycles. The fourth-order valence-electron chi connectivity index (χ4n) is 3.38. The molecule has 0 radical (unpaired) electrons. The molecule has 1 fully saturated rings. The lowest BCUT2D eigenvalue weighted by atomic mass is 9.85. The van der Waals surface area contributed by atoms with Gasteiger partial charge in [0.25, 0.3) is 0 Å². The van der Waals surface area contributed by atoms with Crippen molar-refractivity contribution in [3.63, 3.8) is 0 Å². The summed E-state index contributed by atoms with van der Waals surface area (Å²) in [6.07, 6.45) is 8.25. The minimum absolute atomic E-state index is 0.0309. The summed E-state index contributed by atoms with van der Waals surface area (Å²) in [5.74, 6) is 0.214. The quantitative estimate of drug-likeness (QED) is 0.824. The van der Waals surface area contributed by atoms with Crippen LogP contribution in [0.4, 0.5) is 5.69 Å². The maximum absolute atomic E-state index is 12.8. The molecule has 3 rings (SSSR count). The van der Waals surface area contributed by atoms with E-state index in [4.69, 9.17) is 11.6 Å². The van der Waals surface area contributed by atoms with Gasteiger partial charge in [-0.25, -0.2) is 0 Å². The first-order chi connectivity index (χ1) is 10.1. The molecule has 1 aliphatic carbocycles. The zero-order valence-electron chi connectivity index (χ0n) is 12.1. The molecule has 2 aliphatic rings. The molecule has 0 aromatic heterocycles. The van der Waals surface area contributed by atoms with E-state index in [0.717, 1.165) is 36.9 Å². The van der Waals surface area contributed by atoms with Crippen LogP contribution in [0.5, 0.6) is 0 Å². The number of rotatable bonds is 2. The fourth-order valence-corrected chi connectivity index (χ4v) is 3.63. The van der Waals surface area contributed by atoms with Gasteiger partial charge in [-0.15, -0.1) is 0 Å². The van der Waals surface area contributed by atoms with Gasteiger partial charge in [0, 0.05) is 17.2 Å². The van der Waals surface area contributed by atoms with Crippen molar-refractivity contribution in [3.05, 3.63) is 28.3 Å². The average Bonchev–Trinajstić information content (AvgIpc) is 2.76. The van der Waals surface area contributed by atoms with Crippen LogP contribution in [0.15, 0.2) is 12.1 Å². The van der Waals surface area contributed by atoms with Gasteiger partial charge in [-0.3, -0.25) is 9.59 Å². The van der Waals surface area contributed by atoms with Gasteiger partial charge in [0.05, 0.1) is 11.4 Å².